The highest BCUT2D eigenvalue weighted by atomic mass is 32.2. The summed E-state index contributed by atoms with van der Waals surface area (Å²) in [5.74, 6) is -0.292. The molecule has 4 heteroatoms. The fraction of sp³-hybridized carbons (Fsp3) is 0.167. The van der Waals surface area contributed by atoms with Crippen LogP contribution in [0, 0.1) is 0 Å². The highest BCUT2D eigenvalue weighted by molar-refractivity contribution is 8.00. The average Bonchev–Trinajstić information content (AvgIpc) is 2.70. The second-order valence-electron chi connectivity index (χ2n) is 5.06. The Morgan fingerprint density at radius 3 is 2.50 bits per heavy atom. The maximum absolute atomic E-state index is 12.3. The number of hydrogen-bond donors (Lipinski definition) is 1. The number of esters is 1. The van der Waals surface area contributed by atoms with Crippen LogP contribution >= 0.6 is 11.8 Å². The Morgan fingerprint density at radius 2 is 1.77 bits per heavy atom. The van der Waals surface area contributed by atoms with Crippen molar-refractivity contribution < 1.29 is 9.53 Å². The smallest absolute Gasteiger partial charge is 0.337 e. The predicted molar refractivity (Wildman–Crippen MR) is 89.8 cm³/mol. The third-order valence-corrected chi connectivity index (χ3v) is 4.98. The fourth-order valence-electron chi connectivity index (χ4n) is 2.56. The molecule has 0 radical (unpaired) electrons. The van der Waals surface area contributed by atoms with Crippen LogP contribution in [0.2, 0.25) is 0 Å². The molecule has 2 aromatic carbocycles. The van der Waals surface area contributed by atoms with Gasteiger partial charge in [-0.2, -0.15) is 0 Å². The van der Waals surface area contributed by atoms with E-state index < -0.39 is 0 Å². The number of nitrogens with one attached hydrogen (secondary N) is 1. The summed E-state index contributed by atoms with van der Waals surface area (Å²) in [6, 6.07) is 18.1. The van der Waals surface area contributed by atoms with Gasteiger partial charge in [0.1, 0.15) is 0 Å². The number of carbonyl (C=O) groups is 1. The van der Waals surface area contributed by atoms with Crippen LogP contribution in [0.15, 0.2) is 70.8 Å². The molecule has 3 rings (SSSR count). The van der Waals surface area contributed by atoms with E-state index >= 15 is 0 Å². The molecule has 3 nitrogen and oxygen atoms in total. The zero-order valence-electron chi connectivity index (χ0n) is 12.5. The van der Waals surface area contributed by atoms with Gasteiger partial charge in [0.25, 0.3) is 0 Å². The molecule has 0 fully saturated rings. The number of allylic oxidation sites excluding steroid dienone is 1. The van der Waals surface area contributed by atoms with Gasteiger partial charge in [0.05, 0.1) is 23.6 Å². The van der Waals surface area contributed by atoms with E-state index in [4.69, 9.17) is 4.74 Å². The third-order valence-electron chi connectivity index (χ3n) is 3.63. The lowest BCUT2D eigenvalue weighted by molar-refractivity contribution is -0.136. The number of carbonyl (C=O) groups excluding carboxylic acids is 1. The van der Waals surface area contributed by atoms with E-state index in [2.05, 4.69) is 11.4 Å². The molecule has 0 aromatic heterocycles. The van der Waals surface area contributed by atoms with Crippen LogP contribution in [0.1, 0.15) is 17.7 Å². The molecule has 112 valence electrons. The van der Waals surface area contributed by atoms with E-state index in [9.17, 15) is 4.79 Å². The molecule has 0 aliphatic carbocycles. The van der Waals surface area contributed by atoms with Gasteiger partial charge in [0.2, 0.25) is 0 Å². The van der Waals surface area contributed by atoms with Crippen LogP contribution in [0.5, 0.6) is 0 Å². The molecule has 1 unspecified atom stereocenters. The van der Waals surface area contributed by atoms with E-state index in [0.29, 0.717) is 5.57 Å². The van der Waals surface area contributed by atoms with Crippen molar-refractivity contribution >= 4 is 23.4 Å². The number of rotatable bonds is 2. The molecule has 0 saturated heterocycles. The summed E-state index contributed by atoms with van der Waals surface area (Å²) < 4.78 is 5.02. The highest BCUT2D eigenvalue weighted by Gasteiger charge is 2.30. The van der Waals surface area contributed by atoms with Crippen molar-refractivity contribution in [2.45, 2.75) is 17.1 Å². The minimum absolute atomic E-state index is 0.0928. The topological polar surface area (TPSA) is 38.3 Å². The van der Waals surface area contributed by atoms with Crippen molar-refractivity contribution in [2.75, 3.05) is 12.4 Å². The Labute approximate surface area is 134 Å². The summed E-state index contributed by atoms with van der Waals surface area (Å²) in [5, 5.41) is 3.25. The third kappa shape index (κ3) is 2.74. The van der Waals surface area contributed by atoms with Gasteiger partial charge in [-0.25, -0.2) is 4.79 Å². The molecule has 22 heavy (non-hydrogen) atoms. The quantitative estimate of drug-likeness (QED) is 0.835. The van der Waals surface area contributed by atoms with E-state index in [1.54, 1.807) is 11.8 Å². The number of thioether (sulfide) groups is 1. The molecular formula is C18H17NO2S. The second-order valence-corrected chi connectivity index (χ2v) is 6.21. The van der Waals surface area contributed by atoms with Gasteiger partial charge in [-0.05, 0) is 24.6 Å². The SMILES string of the molecule is COC(=O)C1=C(C)Nc2ccccc2SC1c1ccccc1. The summed E-state index contributed by atoms with van der Waals surface area (Å²) in [7, 11) is 1.42. The lowest BCUT2D eigenvalue weighted by atomic mass is 10.0. The lowest BCUT2D eigenvalue weighted by Gasteiger charge is -2.18. The summed E-state index contributed by atoms with van der Waals surface area (Å²) in [6.07, 6.45) is 0. The summed E-state index contributed by atoms with van der Waals surface area (Å²) in [6.45, 7) is 1.92. The molecule has 2 aromatic rings. The highest BCUT2D eigenvalue weighted by Crippen LogP contribution is 2.47. The Morgan fingerprint density at radius 1 is 1.09 bits per heavy atom. The van der Waals surface area contributed by atoms with Crippen LogP contribution in [0.3, 0.4) is 0 Å². The molecule has 0 saturated carbocycles. The number of anilines is 1. The zero-order valence-corrected chi connectivity index (χ0v) is 13.3. The van der Waals surface area contributed by atoms with Gasteiger partial charge in [0, 0.05) is 10.6 Å². The molecule has 1 heterocycles. The summed E-state index contributed by atoms with van der Waals surface area (Å²) in [4.78, 5) is 13.5. The first-order valence-corrected chi connectivity index (χ1v) is 7.95. The molecule has 1 atom stereocenters. The van der Waals surface area contributed by atoms with Crippen LogP contribution in [-0.2, 0) is 9.53 Å². The maximum atomic E-state index is 12.3. The van der Waals surface area contributed by atoms with Crippen molar-refractivity contribution in [1.82, 2.24) is 0 Å². The molecule has 1 aliphatic rings. The van der Waals surface area contributed by atoms with Crippen LogP contribution < -0.4 is 5.32 Å². The van der Waals surface area contributed by atoms with Gasteiger partial charge in [0.15, 0.2) is 0 Å². The average molecular weight is 311 g/mol. The predicted octanol–water partition coefficient (Wildman–Crippen LogP) is 4.39. The van der Waals surface area contributed by atoms with Crippen molar-refractivity contribution in [2.24, 2.45) is 0 Å². The van der Waals surface area contributed by atoms with Crippen molar-refractivity contribution in [1.29, 1.82) is 0 Å². The van der Waals surface area contributed by atoms with E-state index in [1.165, 1.54) is 7.11 Å². The minimum Gasteiger partial charge on any atom is -0.466 e. The zero-order chi connectivity index (χ0) is 15.5. The number of benzene rings is 2. The van der Waals surface area contributed by atoms with Crippen molar-refractivity contribution in [3.8, 4) is 0 Å². The lowest BCUT2D eigenvalue weighted by Crippen LogP contribution is -2.14. The normalized spacial score (nSPS) is 17.3. The van der Waals surface area contributed by atoms with E-state index in [-0.39, 0.29) is 11.2 Å². The van der Waals surface area contributed by atoms with E-state index in [0.717, 1.165) is 21.8 Å². The number of fused-ring (bicyclic) bond motifs is 1. The van der Waals surface area contributed by atoms with E-state index in [1.807, 2.05) is 55.5 Å². The first-order chi connectivity index (χ1) is 10.7. The number of para-hydroxylation sites is 1. The largest absolute Gasteiger partial charge is 0.466 e. The Bertz CT molecular complexity index is 725. The Balaban J connectivity index is 2.14. The van der Waals surface area contributed by atoms with Gasteiger partial charge in [-0.15, -0.1) is 11.8 Å². The number of ether oxygens (including phenoxy) is 1. The number of methoxy groups -OCH3 is 1. The summed E-state index contributed by atoms with van der Waals surface area (Å²) in [5.41, 5.74) is 3.60. The minimum atomic E-state index is -0.292. The van der Waals surface area contributed by atoms with Gasteiger partial charge in [-0.1, -0.05) is 42.5 Å². The molecule has 0 amide bonds. The standard InChI is InChI=1S/C18H17NO2S/c1-12-16(18(20)21-2)17(13-8-4-3-5-9-13)22-15-11-7-6-10-14(15)19-12/h3-11,17,19H,1-2H3. The fourth-order valence-corrected chi connectivity index (χ4v) is 3.90. The van der Waals surface area contributed by atoms with Gasteiger partial charge < -0.3 is 10.1 Å². The van der Waals surface area contributed by atoms with Gasteiger partial charge in [-0.3, -0.25) is 0 Å². The van der Waals surface area contributed by atoms with Crippen molar-refractivity contribution in [3.63, 3.8) is 0 Å². The number of hydrogen-bond acceptors (Lipinski definition) is 4. The first kappa shape index (κ1) is 14.7. The maximum Gasteiger partial charge on any atom is 0.337 e. The molecule has 1 N–H and O–H groups in total. The molecule has 1 aliphatic heterocycles. The monoisotopic (exact) mass is 311 g/mol. The molecule has 0 bridgehead atoms. The second kappa shape index (κ2) is 6.28. The van der Waals surface area contributed by atoms with Crippen LogP contribution in [-0.4, -0.2) is 13.1 Å². The molecular weight excluding hydrogens is 294 g/mol. The molecule has 0 spiro atoms. The van der Waals surface area contributed by atoms with Crippen LogP contribution in [0.25, 0.3) is 0 Å². The van der Waals surface area contributed by atoms with Gasteiger partial charge >= 0.3 is 5.97 Å². The first-order valence-electron chi connectivity index (χ1n) is 7.07. The Kier molecular flexibility index (Phi) is 4.20. The van der Waals surface area contributed by atoms with Crippen molar-refractivity contribution in [3.05, 3.63) is 71.4 Å². The summed E-state index contributed by atoms with van der Waals surface area (Å²) >= 11 is 1.67. The Hall–Kier alpha value is -2.20. The van der Waals surface area contributed by atoms with Crippen LogP contribution in [0.4, 0.5) is 5.69 Å².